The van der Waals surface area contributed by atoms with E-state index in [-0.39, 0.29) is 18.8 Å². The number of hydrogen-bond donors (Lipinski definition) is 1. The van der Waals surface area contributed by atoms with Crippen LogP contribution >= 0.6 is 12.4 Å². The summed E-state index contributed by atoms with van der Waals surface area (Å²) >= 11 is 0. The van der Waals surface area contributed by atoms with E-state index in [1.54, 1.807) is 0 Å². The lowest BCUT2D eigenvalue weighted by molar-refractivity contribution is -0.142. The highest BCUT2D eigenvalue weighted by Crippen LogP contribution is 2.39. The van der Waals surface area contributed by atoms with Crippen LogP contribution in [0.1, 0.15) is 55.3 Å². The van der Waals surface area contributed by atoms with Crippen molar-refractivity contribution in [2.24, 2.45) is 5.73 Å². The molecular formula is C14H18ClF6N. The molecule has 1 aromatic rings. The molecule has 1 aromatic carbocycles. The lowest BCUT2D eigenvalue weighted by Crippen LogP contribution is -2.19. The van der Waals surface area contributed by atoms with Crippen LogP contribution in [0.5, 0.6) is 0 Å². The highest BCUT2D eigenvalue weighted by atomic mass is 35.5. The van der Waals surface area contributed by atoms with Gasteiger partial charge in [0.1, 0.15) is 0 Å². The Morgan fingerprint density at radius 2 is 1.59 bits per heavy atom. The molecule has 2 N–H and O–H groups in total. The maximum Gasteiger partial charge on any atom is 0.416 e. The van der Waals surface area contributed by atoms with Crippen LogP contribution in [0.2, 0.25) is 0 Å². The average molecular weight is 350 g/mol. The molecular weight excluding hydrogens is 332 g/mol. The minimum atomic E-state index is -4.72. The van der Waals surface area contributed by atoms with Crippen LogP contribution in [0, 0.1) is 0 Å². The number of unbranched alkanes of at least 4 members (excludes halogenated alkanes) is 2. The lowest BCUT2D eigenvalue weighted by atomic mass is 9.94. The highest BCUT2D eigenvalue weighted by molar-refractivity contribution is 5.85. The van der Waals surface area contributed by atoms with Gasteiger partial charge in [-0.05, 0) is 30.2 Å². The van der Waals surface area contributed by atoms with Crippen molar-refractivity contribution < 1.29 is 26.3 Å². The van der Waals surface area contributed by atoms with Gasteiger partial charge in [0.2, 0.25) is 0 Å². The van der Waals surface area contributed by atoms with Crippen LogP contribution in [0.4, 0.5) is 26.3 Å². The topological polar surface area (TPSA) is 26.0 Å². The van der Waals surface area contributed by atoms with Gasteiger partial charge in [0.05, 0.1) is 11.1 Å². The summed E-state index contributed by atoms with van der Waals surface area (Å²) in [6.07, 6.45) is -7.00. The predicted molar refractivity (Wildman–Crippen MR) is 74.8 cm³/mol. The molecule has 0 aliphatic carbocycles. The second-order valence-electron chi connectivity index (χ2n) is 4.90. The maximum atomic E-state index is 12.9. The number of hydrogen-bond acceptors (Lipinski definition) is 1. The molecule has 0 aliphatic rings. The maximum absolute atomic E-state index is 12.9. The third kappa shape index (κ3) is 5.68. The zero-order valence-electron chi connectivity index (χ0n) is 11.9. The van der Waals surface area contributed by atoms with Gasteiger partial charge in [0.25, 0.3) is 0 Å². The summed E-state index contributed by atoms with van der Waals surface area (Å²) in [7, 11) is 0. The summed E-state index contributed by atoms with van der Waals surface area (Å²) in [5.74, 6) is 0. The Morgan fingerprint density at radius 3 is 2.05 bits per heavy atom. The van der Waals surface area contributed by atoms with Crippen LogP contribution in [0.15, 0.2) is 18.2 Å². The largest absolute Gasteiger partial charge is 0.416 e. The molecule has 0 spiro atoms. The fourth-order valence-electron chi connectivity index (χ4n) is 2.07. The van der Waals surface area contributed by atoms with Gasteiger partial charge in [-0.15, -0.1) is 12.4 Å². The Bertz CT molecular complexity index is 469. The summed E-state index contributed by atoms with van der Waals surface area (Å²) in [6.45, 7) is 1.91. The zero-order valence-corrected chi connectivity index (χ0v) is 12.7. The van der Waals surface area contributed by atoms with Crippen molar-refractivity contribution in [3.05, 3.63) is 34.9 Å². The first kappa shape index (κ1) is 21.0. The Balaban J connectivity index is 0.00000441. The lowest BCUT2D eigenvalue weighted by Gasteiger charge is -2.20. The molecule has 22 heavy (non-hydrogen) atoms. The van der Waals surface area contributed by atoms with Gasteiger partial charge in [-0.25, -0.2) is 0 Å². The molecule has 8 heteroatoms. The summed E-state index contributed by atoms with van der Waals surface area (Å²) in [5, 5.41) is 0. The van der Waals surface area contributed by atoms with Gasteiger partial charge in [0, 0.05) is 6.04 Å². The smallest absolute Gasteiger partial charge is 0.324 e. The summed E-state index contributed by atoms with van der Waals surface area (Å²) in [5.41, 5.74) is 2.97. The van der Waals surface area contributed by atoms with Crippen molar-refractivity contribution in [2.75, 3.05) is 0 Å². The molecule has 0 unspecified atom stereocenters. The van der Waals surface area contributed by atoms with Gasteiger partial charge < -0.3 is 5.73 Å². The van der Waals surface area contributed by atoms with E-state index in [2.05, 4.69) is 0 Å². The molecule has 1 nitrogen and oxygen atoms in total. The average Bonchev–Trinajstić information content (AvgIpc) is 2.36. The molecule has 0 bridgehead atoms. The Hall–Kier alpha value is -0.950. The molecule has 0 heterocycles. The van der Waals surface area contributed by atoms with E-state index in [0.717, 1.165) is 12.8 Å². The van der Waals surface area contributed by atoms with Gasteiger partial charge in [-0.3, -0.25) is 0 Å². The highest BCUT2D eigenvalue weighted by Gasteiger charge is 2.37. The number of benzene rings is 1. The molecule has 0 aliphatic heterocycles. The van der Waals surface area contributed by atoms with E-state index in [1.807, 2.05) is 6.92 Å². The molecule has 0 saturated carbocycles. The van der Waals surface area contributed by atoms with Gasteiger partial charge in [-0.2, -0.15) is 26.3 Å². The Morgan fingerprint density at radius 1 is 1.00 bits per heavy atom. The molecule has 0 fully saturated rings. The summed E-state index contributed by atoms with van der Waals surface area (Å²) in [4.78, 5) is 0. The van der Waals surface area contributed by atoms with E-state index in [1.165, 1.54) is 0 Å². The zero-order chi connectivity index (χ0) is 16.3. The molecule has 1 rings (SSSR count). The van der Waals surface area contributed by atoms with E-state index in [9.17, 15) is 26.3 Å². The quantitative estimate of drug-likeness (QED) is 0.533. The standard InChI is InChI=1S/C14H17F6N.ClH/c1-2-3-4-5-12(21)10-8-9(13(15,16)17)6-7-11(10)14(18,19)20;/h6-8,12H,2-5,21H2,1H3;1H/t12-;/m0./s1. The van der Waals surface area contributed by atoms with Crippen LogP contribution < -0.4 is 5.73 Å². The first-order chi connectivity index (χ1) is 9.57. The third-order valence-corrected chi connectivity index (χ3v) is 3.20. The first-order valence-corrected chi connectivity index (χ1v) is 6.61. The number of halogens is 7. The number of nitrogens with two attached hydrogens (primary N) is 1. The van der Waals surface area contributed by atoms with E-state index < -0.39 is 35.1 Å². The second-order valence-corrected chi connectivity index (χ2v) is 4.90. The molecule has 0 saturated heterocycles. The van der Waals surface area contributed by atoms with Crippen molar-refractivity contribution in [1.29, 1.82) is 0 Å². The van der Waals surface area contributed by atoms with Crippen LogP contribution in [0.25, 0.3) is 0 Å². The molecule has 128 valence electrons. The first-order valence-electron chi connectivity index (χ1n) is 6.61. The Labute approximate surface area is 131 Å². The summed E-state index contributed by atoms with van der Waals surface area (Å²) < 4.78 is 76.6. The third-order valence-electron chi connectivity index (χ3n) is 3.20. The van der Waals surface area contributed by atoms with E-state index in [4.69, 9.17) is 5.73 Å². The Kier molecular flexibility index (Phi) is 7.71. The fourth-order valence-corrected chi connectivity index (χ4v) is 2.07. The van der Waals surface area contributed by atoms with Crippen LogP contribution in [-0.2, 0) is 12.4 Å². The SMILES string of the molecule is CCCCC[C@H](N)c1cc(C(F)(F)F)ccc1C(F)(F)F.Cl. The van der Waals surface area contributed by atoms with E-state index >= 15 is 0 Å². The minimum absolute atomic E-state index is 0. The van der Waals surface area contributed by atoms with Gasteiger partial charge >= 0.3 is 12.4 Å². The second kappa shape index (κ2) is 8.06. The van der Waals surface area contributed by atoms with Crippen molar-refractivity contribution in [3.8, 4) is 0 Å². The molecule has 0 radical (unpaired) electrons. The van der Waals surface area contributed by atoms with Crippen molar-refractivity contribution in [1.82, 2.24) is 0 Å². The molecule has 1 atom stereocenters. The van der Waals surface area contributed by atoms with Crippen molar-refractivity contribution in [3.63, 3.8) is 0 Å². The monoisotopic (exact) mass is 349 g/mol. The molecule has 0 aromatic heterocycles. The number of rotatable bonds is 5. The van der Waals surface area contributed by atoms with Crippen LogP contribution in [-0.4, -0.2) is 0 Å². The van der Waals surface area contributed by atoms with E-state index in [0.29, 0.717) is 24.6 Å². The van der Waals surface area contributed by atoms with Crippen LogP contribution in [0.3, 0.4) is 0 Å². The number of alkyl halides is 6. The normalized spacial score (nSPS) is 13.6. The van der Waals surface area contributed by atoms with Gasteiger partial charge in [0.15, 0.2) is 0 Å². The van der Waals surface area contributed by atoms with Crippen molar-refractivity contribution in [2.45, 2.75) is 51.0 Å². The predicted octanol–water partition coefficient (Wildman–Crippen LogP) is 5.73. The van der Waals surface area contributed by atoms with Crippen molar-refractivity contribution >= 4 is 12.4 Å². The van der Waals surface area contributed by atoms with Gasteiger partial charge in [-0.1, -0.05) is 26.2 Å². The fraction of sp³-hybridized carbons (Fsp3) is 0.571. The summed E-state index contributed by atoms with van der Waals surface area (Å²) in [6, 6.07) is 0.345. The molecule has 0 amide bonds. The minimum Gasteiger partial charge on any atom is -0.324 e.